The van der Waals surface area contributed by atoms with Crippen LogP contribution >= 0.6 is 23.1 Å². The highest BCUT2D eigenvalue weighted by Gasteiger charge is 2.14. The third kappa shape index (κ3) is 2.69. The minimum atomic E-state index is -0.297. The number of carbonyl (C=O) groups is 1. The molecule has 0 spiro atoms. The van der Waals surface area contributed by atoms with Gasteiger partial charge in [0.05, 0.1) is 12.7 Å². The van der Waals surface area contributed by atoms with E-state index in [0.29, 0.717) is 5.56 Å². The second kappa shape index (κ2) is 5.92. The molecule has 1 heterocycles. The second-order valence-corrected chi connectivity index (χ2v) is 6.60. The molecule has 0 unspecified atom stereocenters. The van der Waals surface area contributed by atoms with E-state index in [2.05, 4.69) is 30.5 Å². The molecule has 3 rings (SSSR count). The Hall–Kier alpha value is -1.78. The number of thiophene rings is 1. The van der Waals surface area contributed by atoms with Crippen LogP contribution in [-0.2, 0) is 4.74 Å². The summed E-state index contributed by atoms with van der Waals surface area (Å²) < 4.78 is 6.15. The first-order valence-electron chi connectivity index (χ1n) is 6.52. The lowest BCUT2D eigenvalue weighted by molar-refractivity contribution is 0.0597. The molecule has 0 bridgehead atoms. The fourth-order valence-corrected chi connectivity index (χ4v) is 4.45. The highest BCUT2D eigenvalue weighted by Crippen LogP contribution is 2.39. The number of fused-ring (bicyclic) bond motifs is 1. The zero-order valence-corrected chi connectivity index (χ0v) is 13.4. The van der Waals surface area contributed by atoms with Crippen molar-refractivity contribution in [1.29, 1.82) is 0 Å². The van der Waals surface area contributed by atoms with Gasteiger partial charge in [-0.25, -0.2) is 4.79 Å². The standard InChI is InChI=1S/C17H14O2S2/c1-11-6-5-8-12-15(10-20-16(11)12)21-14-9-4-3-7-13(14)17(18)19-2/h3-10H,1-2H3. The van der Waals surface area contributed by atoms with Gasteiger partial charge >= 0.3 is 5.97 Å². The number of benzene rings is 2. The topological polar surface area (TPSA) is 26.3 Å². The number of carbonyl (C=O) groups excluding carboxylic acids is 1. The number of aryl methyl sites for hydroxylation is 1. The minimum Gasteiger partial charge on any atom is -0.465 e. The quantitative estimate of drug-likeness (QED) is 0.626. The van der Waals surface area contributed by atoms with Crippen LogP contribution in [0.1, 0.15) is 15.9 Å². The third-order valence-corrected chi connectivity index (χ3v) is 5.69. The maximum atomic E-state index is 11.8. The van der Waals surface area contributed by atoms with Crippen molar-refractivity contribution in [2.24, 2.45) is 0 Å². The molecule has 21 heavy (non-hydrogen) atoms. The Morgan fingerprint density at radius 1 is 1.10 bits per heavy atom. The number of esters is 1. The van der Waals surface area contributed by atoms with Gasteiger partial charge in [-0.05, 0) is 24.6 Å². The van der Waals surface area contributed by atoms with Crippen LogP contribution in [0.15, 0.2) is 57.6 Å². The van der Waals surface area contributed by atoms with Gasteiger partial charge in [0.25, 0.3) is 0 Å². The maximum Gasteiger partial charge on any atom is 0.339 e. The molecule has 0 radical (unpaired) electrons. The molecule has 3 aromatic rings. The van der Waals surface area contributed by atoms with Gasteiger partial charge in [0.1, 0.15) is 0 Å². The van der Waals surface area contributed by atoms with Crippen molar-refractivity contribution in [3.8, 4) is 0 Å². The first-order valence-corrected chi connectivity index (χ1v) is 8.22. The van der Waals surface area contributed by atoms with Crippen molar-refractivity contribution >= 4 is 39.2 Å². The van der Waals surface area contributed by atoms with Gasteiger partial charge in [-0.2, -0.15) is 0 Å². The predicted molar refractivity (Wildman–Crippen MR) is 88.5 cm³/mol. The van der Waals surface area contributed by atoms with Crippen molar-refractivity contribution in [3.05, 3.63) is 59.0 Å². The molecule has 0 aliphatic heterocycles. The van der Waals surface area contributed by atoms with Crippen molar-refractivity contribution < 1.29 is 9.53 Å². The molecule has 0 aliphatic carbocycles. The largest absolute Gasteiger partial charge is 0.465 e. The molecule has 0 saturated carbocycles. The smallest absolute Gasteiger partial charge is 0.339 e. The molecule has 2 aromatic carbocycles. The number of ether oxygens (including phenoxy) is 1. The predicted octanol–water partition coefficient (Wildman–Crippen LogP) is 5.15. The summed E-state index contributed by atoms with van der Waals surface area (Å²) in [7, 11) is 1.41. The van der Waals surface area contributed by atoms with E-state index >= 15 is 0 Å². The normalized spacial score (nSPS) is 10.8. The van der Waals surface area contributed by atoms with Crippen LogP contribution in [0.25, 0.3) is 10.1 Å². The van der Waals surface area contributed by atoms with Crippen molar-refractivity contribution in [2.45, 2.75) is 16.7 Å². The van der Waals surface area contributed by atoms with Gasteiger partial charge in [-0.1, -0.05) is 42.1 Å². The number of methoxy groups -OCH3 is 1. The van der Waals surface area contributed by atoms with Crippen molar-refractivity contribution in [1.82, 2.24) is 0 Å². The molecule has 1 aromatic heterocycles. The van der Waals surface area contributed by atoms with Crippen LogP contribution in [0.3, 0.4) is 0 Å². The molecule has 0 aliphatic rings. The van der Waals surface area contributed by atoms with E-state index in [1.165, 1.54) is 27.7 Å². The average Bonchev–Trinajstić information content (AvgIpc) is 2.92. The summed E-state index contributed by atoms with van der Waals surface area (Å²) in [6.07, 6.45) is 0. The van der Waals surface area contributed by atoms with E-state index in [1.807, 2.05) is 18.2 Å². The summed E-state index contributed by atoms with van der Waals surface area (Å²) in [6, 6.07) is 13.9. The molecule has 0 fully saturated rings. The fourth-order valence-electron chi connectivity index (χ4n) is 2.21. The van der Waals surface area contributed by atoms with Crippen molar-refractivity contribution in [3.63, 3.8) is 0 Å². The van der Waals surface area contributed by atoms with E-state index in [1.54, 1.807) is 29.2 Å². The lowest BCUT2D eigenvalue weighted by Crippen LogP contribution is -2.02. The molecule has 0 N–H and O–H groups in total. The van der Waals surface area contributed by atoms with Gasteiger partial charge in [-0.3, -0.25) is 0 Å². The van der Waals surface area contributed by atoms with Crippen LogP contribution in [0, 0.1) is 6.92 Å². The van der Waals surface area contributed by atoms with E-state index in [-0.39, 0.29) is 5.97 Å². The first-order chi connectivity index (χ1) is 10.2. The zero-order valence-electron chi connectivity index (χ0n) is 11.8. The Kier molecular flexibility index (Phi) is 3.99. The lowest BCUT2D eigenvalue weighted by atomic mass is 10.2. The van der Waals surface area contributed by atoms with Gasteiger partial charge in [-0.15, -0.1) is 11.3 Å². The molecule has 0 amide bonds. The first kappa shape index (κ1) is 14.2. The van der Waals surface area contributed by atoms with Gasteiger partial charge < -0.3 is 4.74 Å². The Morgan fingerprint density at radius 2 is 1.90 bits per heavy atom. The van der Waals surface area contributed by atoms with Crippen LogP contribution < -0.4 is 0 Å². The number of hydrogen-bond donors (Lipinski definition) is 0. The van der Waals surface area contributed by atoms with Crippen LogP contribution in [0.4, 0.5) is 0 Å². The number of rotatable bonds is 3. The van der Waals surface area contributed by atoms with Crippen LogP contribution in [0.2, 0.25) is 0 Å². The summed E-state index contributed by atoms with van der Waals surface area (Å²) in [4.78, 5) is 13.9. The molecule has 0 atom stereocenters. The number of hydrogen-bond acceptors (Lipinski definition) is 4. The summed E-state index contributed by atoms with van der Waals surface area (Å²) in [5, 5.41) is 3.39. The molecular formula is C17H14O2S2. The SMILES string of the molecule is COC(=O)c1ccccc1Sc1csc2c(C)cccc12. The summed E-state index contributed by atoms with van der Waals surface area (Å²) in [5.41, 5.74) is 1.89. The molecule has 4 heteroatoms. The third-order valence-electron chi connectivity index (χ3n) is 3.27. The Morgan fingerprint density at radius 3 is 2.71 bits per heavy atom. The van der Waals surface area contributed by atoms with Gasteiger partial charge in [0.15, 0.2) is 0 Å². The Labute approximate surface area is 131 Å². The summed E-state index contributed by atoms with van der Waals surface area (Å²) >= 11 is 3.36. The maximum absolute atomic E-state index is 11.8. The minimum absolute atomic E-state index is 0.297. The van der Waals surface area contributed by atoms with Gasteiger partial charge in [0, 0.05) is 25.3 Å². The van der Waals surface area contributed by atoms with E-state index < -0.39 is 0 Å². The van der Waals surface area contributed by atoms with Crippen LogP contribution in [-0.4, -0.2) is 13.1 Å². The summed E-state index contributed by atoms with van der Waals surface area (Å²) in [6.45, 7) is 2.12. The molecule has 0 saturated heterocycles. The van der Waals surface area contributed by atoms with E-state index in [9.17, 15) is 4.79 Å². The van der Waals surface area contributed by atoms with Crippen molar-refractivity contribution in [2.75, 3.05) is 7.11 Å². The highest BCUT2D eigenvalue weighted by molar-refractivity contribution is 7.99. The van der Waals surface area contributed by atoms with Gasteiger partial charge in [0.2, 0.25) is 0 Å². The zero-order chi connectivity index (χ0) is 14.8. The average molecular weight is 314 g/mol. The lowest BCUT2D eigenvalue weighted by Gasteiger charge is -2.06. The second-order valence-electron chi connectivity index (χ2n) is 4.64. The monoisotopic (exact) mass is 314 g/mol. The Balaban J connectivity index is 2.04. The fraction of sp³-hybridized carbons (Fsp3) is 0.118. The Bertz CT molecular complexity index is 805. The highest BCUT2D eigenvalue weighted by atomic mass is 32.2. The molecule has 2 nitrogen and oxygen atoms in total. The van der Waals surface area contributed by atoms with E-state index in [4.69, 9.17) is 4.74 Å². The molecule has 106 valence electrons. The van der Waals surface area contributed by atoms with Crippen LogP contribution in [0.5, 0.6) is 0 Å². The summed E-state index contributed by atoms with van der Waals surface area (Å²) in [5.74, 6) is -0.297. The molecular weight excluding hydrogens is 300 g/mol. The van der Waals surface area contributed by atoms with E-state index in [0.717, 1.165) is 4.90 Å².